The standard InChI is InChI=1S/C27H27F3N2O6S/c1-3-4-9-37-26(36)19-10-16(6-8-17(19)25(34)35)38-21-11-20(24-32-22(13-39-24)27(28,29)30)31-23-14(2)15(12-33)5-7-18(21)23/h5,7,11-13,16-17,19H,3-4,6,8-10H2,1-2H3,(H,34,35)/t16-,17+,19+/m0/s1. The van der Waals surface area contributed by atoms with Crippen molar-refractivity contribution < 1.29 is 42.1 Å². The number of unbranched alkanes of at least 4 members (excludes halogenated alkanes) is 1. The molecular weight excluding hydrogens is 537 g/mol. The van der Waals surface area contributed by atoms with Crippen LogP contribution in [0.2, 0.25) is 0 Å². The molecular formula is C27H27F3N2O6S. The van der Waals surface area contributed by atoms with Crippen LogP contribution in [-0.2, 0) is 20.5 Å². The highest BCUT2D eigenvalue weighted by Gasteiger charge is 2.41. The van der Waals surface area contributed by atoms with Gasteiger partial charge in [0.2, 0.25) is 0 Å². The van der Waals surface area contributed by atoms with Crippen LogP contribution in [0, 0.1) is 18.8 Å². The summed E-state index contributed by atoms with van der Waals surface area (Å²) in [7, 11) is 0. The number of carboxylic acids is 1. The Balaban J connectivity index is 1.70. The molecule has 2 aromatic heterocycles. The number of carbonyl (C=O) groups is 3. The van der Waals surface area contributed by atoms with Gasteiger partial charge in [-0.25, -0.2) is 9.97 Å². The molecule has 8 nitrogen and oxygen atoms in total. The molecule has 0 aliphatic heterocycles. The number of fused-ring (bicyclic) bond motifs is 1. The van der Waals surface area contributed by atoms with Crippen LogP contribution in [0.15, 0.2) is 23.6 Å². The van der Waals surface area contributed by atoms with Gasteiger partial charge in [0.15, 0.2) is 5.69 Å². The smallest absolute Gasteiger partial charge is 0.434 e. The summed E-state index contributed by atoms with van der Waals surface area (Å²) < 4.78 is 51.2. The molecule has 208 valence electrons. The summed E-state index contributed by atoms with van der Waals surface area (Å²) in [4.78, 5) is 44.3. The third-order valence-electron chi connectivity index (χ3n) is 6.84. The fourth-order valence-electron chi connectivity index (χ4n) is 4.67. The minimum absolute atomic E-state index is 0.0249. The second-order valence-electron chi connectivity index (χ2n) is 9.46. The van der Waals surface area contributed by atoms with Crippen LogP contribution in [0.25, 0.3) is 21.6 Å². The third-order valence-corrected chi connectivity index (χ3v) is 7.70. The summed E-state index contributed by atoms with van der Waals surface area (Å²) in [5.74, 6) is -3.18. The Morgan fingerprint density at radius 2 is 1.97 bits per heavy atom. The summed E-state index contributed by atoms with van der Waals surface area (Å²) in [6.07, 6.45) is -2.39. The van der Waals surface area contributed by atoms with Crippen LogP contribution in [0.4, 0.5) is 13.2 Å². The molecule has 1 N–H and O–H groups in total. The Labute approximate surface area is 226 Å². The molecule has 1 fully saturated rings. The lowest BCUT2D eigenvalue weighted by molar-refractivity contribution is -0.161. The fourth-order valence-corrected chi connectivity index (χ4v) is 5.45. The second kappa shape index (κ2) is 11.7. The van der Waals surface area contributed by atoms with Gasteiger partial charge in [0.25, 0.3) is 0 Å². The number of aliphatic carboxylic acids is 1. The van der Waals surface area contributed by atoms with E-state index >= 15 is 0 Å². The van der Waals surface area contributed by atoms with Crippen molar-refractivity contribution in [3.8, 4) is 16.5 Å². The van der Waals surface area contributed by atoms with Crippen LogP contribution in [0.3, 0.4) is 0 Å². The van der Waals surface area contributed by atoms with E-state index in [4.69, 9.17) is 9.47 Å². The summed E-state index contributed by atoms with van der Waals surface area (Å²) in [6.45, 7) is 3.82. The van der Waals surface area contributed by atoms with Crippen molar-refractivity contribution in [1.82, 2.24) is 9.97 Å². The predicted octanol–water partition coefficient (Wildman–Crippen LogP) is 6.09. The molecule has 1 aromatic carbocycles. The maximum Gasteiger partial charge on any atom is 0.434 e. The van der Waals surface area contributed by atoms with Crippen LogP contribution in [-0.4, -0.2) is 46.0 Å². The number of aryl methyl sites for hydroxylation is 1. The quantitative estimate of drug-likeness (QED) is 0.189. The van der Waals surface area contributed by atoms with E-state index in [9.17, 15) is 32.7 Å². The number of alkyl halides is 3. The first kappa shape index (κ1) is 28.5. The van der Waals surface area contributed by atoms with Crippen molar-refractivity contribution in [1.29, 1.82) is 0 Å². The summed E-state index contributed by atoms with van der Waals surface area (Å²) in [5.41, 5.74) is 0.352. The Bertz CT molecular complexity index is 1390. The molecule has 0 unspecified atom stereocenters. The molecule has 0 spiro atoms. The van der Waals surface area contributed by atoms with Crippen molar-refractivity contribution >= 4 is 40.5 Å². The number of pyridine rings is 1. The van der Waals surface area contributed by atoms with Crippen LogP contribution >= 0.6 is 11.3 Å². The average molecular weight is 565 g/mol. The lowest BCUT2D eigenvalue weighted by Gasteiger charge is -2.33. The fraction of sp³-hybridized carbons (Fsp3) is 0.444. The summed E-state index contributed by atoms with van der Waals surface area (Å²) >= 11 is 0.781. The average Bonchev–Trinajstić information content (AvgIpc) is 3.40. The first-order valence-corrected chi connectivity index (χ1v) is 13.4. The van der Waals surface area contributed by atoms with Gasteiger partial charge in [0, 0.05) is 22.4 Å². The Kier molecular flexibility index (Phi) is 8.53. The SMILES string of the molecule is CCCCOC(=O)[C@@H]1C[C@@H](Oc2cc(-c3nc(C(F)(F)F)cs3)nc3c(C)c(C=O)ccc23)CC[C@H]1C(=O)O. The molecule has 3 aromatic rings. The number of ether oxygens (including phenoxy) is 2. The zero-order chi connectivity index (χ0) is 28.3. The van der Waals surface area contributed by atoms with E-state index in [0.29, 0.717) is 41.2 Å². The van der Waals surface area contributed by atoms with E-state index in [0.717, 1.165) is 23.1 Å². The van der Waals surface area contributed by atoms with Crippen molar-refractivity contribution in [2.24, 2.45) is 11.8 Å². The largest absolute Gasteiger partial charge is 0.490 e. The number of nitrogens with zero attached hydrogens (tertiary/aromatic N) is 2. The highest BCUT2D eigenvalue weighted by atomic mass is 32.1. The highest BCUT2D eigenvalue weighted by molar-refractivity contribution is 7.13. The minimum Gasteiger partial charge on any atom is -0.490 e. The second-order valence-corrected chi connectivity index (χ2v) is 10.3. The van der Waals surface area contributed by atoms with Crippen molar-refractivity contribution in [2.45, 2.75) is 58.2 Å². The van der Waals surface area contributed by atoms with E-state index in [1.54, 1.807) is 19.1 Å². The zero-order valence-electron chi connectivity index (χ0n) is 21.3. The molecule has 0 saturated heterocycles. The lowest BCUT2D eigenvalue weighted by atomic mass is 9.78. The van der Waals surface area contributed by atoms with E-state index in [2.05, 4.69) is 9.97 Å². The van der Waals surface area contributed by atoms with Crippen LogP contribution in [0.5, 0.6) is 5.75 Å². The number of rotatable bonds is 9. The molecule has 1 aliphatic rings. The van der Waals surface area contributed by atoms with Gasteiger partial charge in [-0.1, -0.05) is 19.4 Å². The van der Waals surface area contributed by atoms with Gasteiger partial charge < -0.3 is 14.6 Å². The number of hydrogen-bond donors (Lipinski definition) is 1. The van der Waals surface area contributed by atoms with Gasteiger partial charge in [-0.3, -0.25) is 14.4 Å². The number of carboxylic acid groups (broad SMARTS) is 1. The molecule has 3 atom stereocenters. The van der Waals surface area contributed by atoms with Gasteiger partial charge >= 0.3 is 18.1 Å². The van der Waals surface area contributed by atoms with Crippen molar-refractivity contribution in [3.05, 3.63) is 40.4 Å². The van der Waals surface area contributed by atoms with Crippen molar-refractivity contribution in [2.75, 3.05) is 6.61 Å². The predicted molar refractivity (Wildman–Crippen MR) is 137 cm³/mol. The van der Waals surface area contributed by atoms with Crippen molar-refractivity contribution in [3.63, 3.8) is 0 Å². The van der Waals surface area contributed by atoms with E-state index < -0.39 is 41.7 Å². The molecule has 4 rings (SSSR count). The molecule has 2 heterocycles. The molecule has 0 bridgehead atoms. The number of aromatic nitrogens is 2. The van der Waals surface area contributed by atoms with Crippen LogP contribution < -0.4 is 4.74 Å². The first-order valence-electron chi connectivity index (χ1n) is 12.5. The summed E-state index contributed by atoms with van der Waals surface area (Å²) in [6, 6.07) is 4.72. The third kappa shape index (κ3) is 6.21. The van der Waals surface area contributed by atoms with Crippen LogP contribution in [0.1, 0.15) is 60.6 Å². The molecule has 39 heavy (non-hydrogen) atoms. The van der Waals surface area contributed by atoms with E-state index in [1.807, 2.05) is 6.92 Å². The first-order chi connectivity index (χ1) is 18.5. The van der Waals surface area contributed by atoms with Gasteiger partial charge in [0.1, 0.15) is 22.7 Å². The maximum atomic E-state index is 13.2. The number of thiazole rings is 1. The number of aldehydes is 1. The Hall–Kier alpha value is -3.54. The number of benzene rings is 1. The van der Waals surface area contributed by atoms with Gasteiger partial charge in [-0.15, -0.1) is 11.3 Å². The number of hydrogen-bond acceptors (Lipinski definition) is 8. The molecule has 1 saturated carbocycles. The lowest BCUT2D eigenvalue weighted by Crippen LogP contribution is -2.40. The monoisotopic (exact) mass is 564 g/mol. The van der Waals surface area contributed by atoms with Gasteiger partial charge in [0.05, 0.1) is 30.1 Å². The summed E-state index contributed by atoms with van der Waals surface area (Å²) in [5, 5.41) is 11.1. The number of esters is 1. The topological polar surface area (TPSA) is 116 Å². The molecule has 0 radical (unpaired) electrons. The normalized spacial score (nSPS) is 19.6. The zero-order valence-corrected chi connectivity index (χ0v) is 22.1. The van der Waals surface area contributed by atoms with Gasteiger partial charge in [-0.2, -0.15) is 13.2 Å². The Morgan fingerprint density at radius 3 is 2.62 bits per heavy atom. The molecule has 1 aliphatic carbocycles. The maximum absolute atomic E-state index is 13.2. The van der Waals surface area contributed by atoms with E-state index in [1.165, 1.54) is 6.07 Å². The number of halogens is 3. The van der Waals surface area contributed by atoms with E-state index in [-0.39, 0.29) is 35.9 Å². The Morgan fingerprint density at radius 1 is 1.21 bits per heavy atom. The highest BCUT2D eigenvalue weighted by Crippen LogP contribution is 2.39. The number of carbonyl (C=O) groups excluding carboxylic acids is 2. The minimum atomic E-state index is -4.62. The molecule has 12 heteroatoms. The molecule has 0 amide bonds. The van der Waals surface area contributed by atoms with Gasteiger partial charge in [-0.05, 0) is 44.2 Å².